The second-order valence-electron chi connectivity index (χ2n) is 0.832. The normalized spacial score (nSPS) is 9.71. The minimum atomic E-state index is -1.33. The van der Waals surface area contributed by atoms with E-state index in [9.17, 15) is 4.57 Å². The van der Waals surface area contributed by atoms with E-state index in [2.05, 4.69) is 4.52 Å². The second-order valence-corrected chi connectivity index (χ2v) is 2.49. The van der Waals surface area contributed by atoms with Crippen molar-refractivity contribution in [3.8, 4) is 0 Å². The molecule has 1 atom stereocenters. The largest absolute Gasteiger partial charge is 2.00 e. The first-order chi connectivity index (χ1) is 2.81. The summed E-state index contributed by atoms with van der Waals surface area (Å²) in [6, 6.07) is 0. The third-order valence-corrected chi connectivity index (χ3v) is 1.39. The van der Waals surface area contributed by atoms with E-state index in [-0.39, 0.29) is 25.9 Å². The van der Waals surface area contributed by atoms with Gasteiger partial charge in [-0.3, -0.25) is 0 Å². The van der Waals surface area contributed by atoms with Crippen LogP contribution in [0.15, 0.2) is 0 Å². The third kappa shape index (κ3) is 6.83. The van der Waals surface area contributed by atoms with Gasteiger partial charge in [0.2, 0.25) is 0 Å². The molecule has 0 saturated heterocycles. The van der Waals surface area contributed by atoms with Gasteiger partial charge >= 0.3 is 31.1 Å². The first-order valence-corrected chi connectivity index (χ1v) is 3.16. The number of rotatable bonds is 2. The summed E-state index contributed by atoms with van der Waals surface area (Å²) in [7, 11) is 0.120. The molecule has 0 aromatic carbocycles. The predicted octanol–water partition coefficient (Wildman–Crippen LogP) is 1.24. The van der Waals surface area contributed by atoms with E-state index in [0.29, 0.717) is 6.16 Å². The zero-order valence-corrected chi connectivity index (χ0v) is 6.99. The van der Waals surface area contributed by atoms with E-state index in [1.165, 1.54) is 7.11 Å². The van der Waals surface area contributed by atoms with Gasteiger partial charge in [0.1, 0.15) is 0 Å². The second kappa shape index (κ2) is 6.83. The minimum absolute atomic E-state index is 0. The maximum absolute atomic E-state index is 10.1. The Balaban J connectivity index is -0.0000000417. The maximum Gasteiger partial charge on any atom is 2.00 e. The van der Waals surface area contributed by atoms with Crippen LogP contribution in [0, 0.1) is 0 Å². The molecule has 0 aliphatic rings. The van der Waals surface area contributed by atoms with Crippen LogP contribution in [0.3, 0.4) is 0 Å². The van der Waals surface area contributed by atoms with Gasteiger partial charge in [0.15, 0.2) is 6.16 Å². The molecule has 0 fully saturated rings. The van der Waals surface area contributed by atoms with Crippen LogP contribution in [0.1, 0.15) is 9.78 Å². The van der Waals surface area contributed by atoms with Crippen LogP contribution in [0.2, 0.25) is 0 Å². The Hall–Kier alpha value is 0.826. The molecule has 0 aromatic rings. The summed E-state index contributed by atoms with van der Waals surface area (Å²) in [5, 5.41) is 0. The van der Waals surface area contributed by atoms with Gasteiger partial charge in [0.05, 0.1) is 7.11 Å². The monoisotopic (exact) mass is 133 g/mol. The van der Waals surface area contributed by atoms with Gasteiger partial charge in [-0.2, -0.15) is 0 Å². The predicted molar refractivity (Wildman–Crippen MR) is 33.1 cm³/mol. The van der Waals surface area contributed by atoms with Gasteiger partial charge < -0.3 is 2.85 Å². The Morgan fingerprint density at radius 1 is 1.86 bits per heavy atom. The van der Waals surface area contributed by atoms with Crippen molar-refractivity contribution in [3.05, 3.63) is 0 Å². The van der Waals surface area contributed by atoms with Crippen LogP contribution in [-0.2, 0) is 9.09 Å². The average Bonchev–Trinajstić information content (AvgIpc) is 1.65. The molecule has 0 radical (unpaired) electrons. The van der Waals surface area contributed by atoms with Crippen molar-refractivity contribution >= 4 is 31.1 Å². The minimum Gasteiger partial charge on any atom is -1.00 e. The molecule has 0 aromatic heterocycles. The molecule has 0 saturated carbocycles. The summed E-state index contributed by atoms with van der Waals surface area (Å²) in [6.07, 6.45) is 0.617. The van der Waals surface area contributed by atoms with Gasteiger partial charge in [0.25, 0.3) is 0 Å². The first-order valence-electron chi connectivity index (χ1n) is 1.80. The molecule has 7 heavy (non-hydrogen) atoms. The molecule has 4 heteroatoms. The SMILES string of the molecule is CC[P+](=O)OC.[H-].[H-].[Mg+2]. The van der Waals surface area contributed by atoms with Crippen LogP contribution in [-0.4, -0.2) is 36.3 Å². The summed E-state index contributed by atoms with van der Waals surface area (Å²) in [5.74, 6) is 0. The van der Waals surface area contributed by atoms with Crippen molar-refractivity contribution in [3.63, 3.8) is 0 Å². The summed E-state index contributed by atoms with van der Waals surface area (Å²) in [5.41, 5.74) is 0. The zero-order chi connectivity index (χ0) is 4.99. The Labute approximate surface area is 63.6 Å². The number of hydrogen-bond donors (Lipinski definition) is 0. The molecule has 0 spiro atoms. The topological polar surface area (TPSA) is 26.3 Å². The fourth-order valence-electron chi connectivity index (χ4n) is 0.129. The summed E-state index contributed by atoms with van der Waals surface area (Å²) in [4.78, 5) is 0. The average molecular weight is 133 g/mol. The molecule has 0 aliphatic heterocycles. The molecule has 2 nitrogen and oxygen atoms in total. The van der Waals surface area contributed by atoms with Gasteiger partial charge in [-0.15, -0.1) is 4.52 Å². The molecule has 0 amide bonds. The molecular weight excluding hydrogens is 123 g/mol. The van der Waals surface area contributed by atoms with E-state index >= 15 is 0 Å². The molecule has 0 heterocycles. The fourth-order valence-corrected chi connectivity index (χ4v) is 0.387. The van der Waals surface area contributed by atoms with E-state index in [1.807, 2.05) is 6.92 Å². The van der Waals surface area contributed by atoms with Crippen molar-refractivity contribution < 1.29 is 11.9 Å². The van der Waals surface area contributed by atoms with Crippen LogP contribution in [0.25, 0.3) is 0 Å². The molecule has 0 aliphatic carbocycles. The van der Waals surface area contributed by atoms with E-state index in [4.69, 9.17) is 0 Å². The quantitative estimate of drug-likeness (QED) is 0.418. The molecule has 1 unspecified atom stereocenters. The summed E-state index contributed by atoms with van der Waals surface area (Å²) in [6.45, 7) is 1.82. The molecule has 0 rings (SSSR count). The Bertz CT molecular complexity index is 57.8. The Morgan fingerprint density at radius 3 is 2.29 bits per heavy atom. The van der Waals surface area contributed by atoms with Gasteiger partial charge in [-0.1, -0.05) is 0 Å². The van der Waals surface area contributed by atoms with Gasteiger partial charge in [-0.25, -0.2) is 0 Å². The van der Waals surface area contributed by atoms with E-state index < -0.39 is 8.03 Å². The van der Waals surface area contributed by atoms with Gasteiger partial charge in [0, 0.05) is 0 Å². The Morgan fingerprint density at radius 2 is 2.29 bits per heavy atom. The number of hydrogen-bond acceptors (Lipinski definition) is 2. The first kappa shape index (κ1) is 10.7. The van der Waals surface area contributed by atoms with Crippen LogP contribution in [0.4, 0.5) is 0 Å². The van der Waals surface area contributed by atoms with E-state index in [0.717, 1.165) is 0 Å². The van der Waals surface area contributed by atoms with E-state index in [1.54, 1.807) is 0 Å². The van der Waals surface area contributed by atoms with Crippen molar-refractivity contribution in [2.75, 3.05) is 13.3 Å². The zero-order valence-electron chi connectivity index (χ0n) is 6.68. The van der Waals surface area contributed by atoms with Crippen LogP contribution < -0.4 is 0 Å². The maximum atomic E-state index is 10.1. The smallest absolute Gasteiger partial charge is 1.00 e. The Kier molecular flexibility index (Phi) is 10.5. The molecule has 40 valence electrons. The molecule has 0 N–H and O–H groups in total. The van der Waals surface area contributed by atoms with Crippen molar-refractivity contribution in [1.82, 2.24) is 0 Å². The molecular formula is C3H10MgO2P+. The van der Waals surface area contributed by atoms with Crippen molar-refractivity contribution in [1.29, 1.82) is 0 Å². The van der Waals surface area contributed by atoms with Crippen LogP contribution in [0.5, 0.6) is 0 Å². The standard InChI is InChI=1S/C3H8O2P.Mg.2H/c1-3-6(4)5-2;;;/h3H2,1-2H3;;;/q+1;+2;2*-1. The fraction of sp³-hybridized carbons (Fsp3) is 1.00. The van der Waals surface area contributed by atoms with Crippen molar-refractivity contribution in [2.45, 2.75) is 6.92 Å². The summed E-state index contributed by atoms with van der Waals surface area (Å²) < 4.78 is 14.5. The van der Waals surface area contributed by atoms with Crippen molar-refractivity contribution in [2.24, 2.45) is 0 Å². The molecule has 0 bridgehead atoms. The van der Waals surface area contributed by atoms with Gasteiger partial charge in [-0.05, 0) is 11.5 Å². The van der Waals surface area contributed by atoms with Crippen LogP contribution >= 0.6 is 8.03 Å². The summed E-state index contributed by atoms with van der Waals surface area (Å²) >= 11 is 0. The third-order valence-electron chi connectivity index (χ3n) is 0.462.